The van der Waals surface area contributed by atoms with E-state index in [1.165, 1.54) is 0 Å². The first-order valence-electron chi connectivity index (χ1n) is 4.42. The van der Waals surface area contributed by atoms with Crippen LogP contribution in [0, 0.1) is 0 Å². The SMILES string of the molecule is O=C(O)C(=O)O.O=C(O)C(=O)O.O=C(O)C(=O)O.O=C(O)C(=O)O.[K]. The molecule has 0 saturated heterocycles. The first-order chi connectivity index (χ1) is 10.6. The molecule has 8 N–H and O–H groups in total. The number of hydrogen-bond donors (Lipinski definition) is 8. The molecule has 0 fully saturated rings. The molecule has 0 spiro atoms. The van der Waals surface area contributed by atoms with Crippen molar-refractivity contribution in [3.8, 4) is 0 Å². The first kappa shape index (κ1) is 33.9. The van der Waals surface area contributed by atoms with E-state index in [4.69, 9.17) is 79.2 Å². The molecule has 0 aromatic carbocycles. The van der Waals surface area contributed by atoms with Crippen LogP contribution in [0.25, 0.3) is 0 Å². The van der Waals surface area contributed by atoms with E-state index in [0.29, 0.717) is 0 Å². The van der Waals surface area contributed by atoms with Gasteiger partial charge in [0.2, 0.25) is 0 Å². The normalized spacial score (nSPS) is 7.04. The fourth-order valence-electron chi connectivity index (χ4n) is 0. The summed E-state index contributed by atoms with van der Waals surface area (Å²) in [6.07, 6.45) is 0. The second-order valence-electron chi connectivity index (χ2n) is 2.44. The van der Waals surface area contributed by atoms with E-state index in [0.717, 1.165) is 0 Å². The van der Waals surface area contributed by atoms with Gasteiger partial charge in [-0.3, -0.25) is 0 Å². The molecule has 0 heterocycles. The zero-order valence-corrected chi connectivity index (χ0v) is 15.0. The van der Waals surface area contributed by atoms with Gasteiger partial charge in [0.1, 0.15) is 0 Å². The molecule has 0 aliphatic carbocycles. The van der Waals surface area contributed by atoms with E-state index >= 15 is 0 Å². The Morgan fingerprint density at radius 2 is 0.320 bits per heavy atom. The quantitative estimate of drug-likeness (QED) is 0.143. The number of hydrogen-bond acceptors (Lipinski definition) is 8. The molecule has 0 amide bonds. The van der Waals surface area contributed by atoms with Crippen molar-refractivity contribution in [3.05, 3.63) is 0 Å². The molecule has 0 bridgehead atoms. The Labute approximate surface area is 177 Å². The van der Waals surface area contributed by atoms with Crippen molar-refractivity contribution < 1.29 is 79.2 Å². The maximum absolute atomic E-state index is 9.10. The molecular weight excluding hydrogens is 391 g/mol. The number of carbonyl (C=O) groups is 8. The van der Waals surface area contributed by atoms with E-state index in [2.05, 4.69) is 0 Å². The van der Waals surface area contributed by atoms with Crippen LogP contribution in [0.1, 0.15) is 0 Å². The van der Waals surface area contributed by atoms with Gasteiger partial charge in [-0.2, -0.15) is 0 Å². The summed E-state index contributed by atoms with van der Waals surface area (Å²) >= 11 is 0. The van der Waals surface area contributed by atoms with Gasteiger partial charge < -0.3 is 40.9 Å². The molecule has 0 rings (SSSR count). The van der Waals surface area contributed by atoms with Crippen LogP contribution in [0.4, 0.5) is 0 Å². The first-order valence-corrected chi connectivity index (χ1v) is 4.42. The molecule has 0 aromatic heterocycles. The molecule has 1 radical (unpaired) electrons. The monoisotopic (exact) mass is 399 g/mol. The van der Waals surface area contributed by atoms with Gasteiger partial charge in [0.25, 0.3) is 0 Å². The Morgan fingerprint density at radius 3 is 0.320 bits per heavy atom. The topological polar surface area (TPSA) is 298 Å². The maximum atomic E-state index is 9.10. The van der Waals surface area contributed by atoms with Gasteiger partial charge in [-0.1, -0.05) is 0 Å². The molecule has 0 aliphatic heterocycles. The minimum atomic E-state index is -1.82. The fourth-order valence-corrected chi connectivity index (χ4v) is 0. The van der Waals surface area contributed by atoms with Crippen LogP contribution in [0.15, 0.2) is 0 Å². The summed E-state index contributed by atoms with van der Waals surface area (Å²) in [6.45, 7) is 0. The van der Waals surface area contributed by atoms with Crippen molar-refractivity contribution in [1.29, 1.82) is 0 Å². The zero-order valence-electron chi connectivity index (χ0n) is 11.8. The molecule has 0 saturated carbocycles. The number of carboxylic acids is 8. The third-order valence-corrected chi connectivity index (χ3v) is 0.732. The van der Waals surface area contributed by atoms with Crippen molar-refractivity contribution >= 4 is 99.1 Å². The molecule has 16 nitrogen and oxygen atoms in total. The maximum Gasteiger partial charge on any atom is 0.414 e. The van der Waals surface area contributed by atoms with Gasteiger partial charge in [0, 0.05) is 51.4 Å². The van der Waals surface area contributed by atoms with Crippen LogP contribution in [-0.2, 0) is 38.4 Å². The van der Waals surface area contributed by atoms with Crippen LogP contribution >= 0.6 is 0 Å². The molecule has 17 heteroatoms. The summed E-state index contributed by atoms with van der Waals surface area (Å²) in [5.74, 6) is -14.6. The van der Waals surface area contributed by atoms with E-state index in [-0.39, 0.29) is 51.4 Å². The predicted molar refractivity (Wildman–Crippen MR) is 66.8 cm³/mol. The summed E-state index contributed by atoms with van der Waals surface area (Å²) in [4.78, 5) is 72.8. The summed E-state index contributed by atoms with van der Waals surface area (Å²) in [7, 11) is 0. The number of aliphatic carboxylic acids is 8. The second kappa shape index (κ2) is 19.4. The Bertz CT molecular complexity index is 388. The van der Waals surface area contributed by atoms with E-state index in [9.17, 15) is 0 Å². The zero-order chi connectivity index (χ0) is 20.6. The van der Waals surface area contributed by atoms with Gasteiger partial charge in [-0.15, -0.1) is 0 Å². The van der Waals surface area contributed by atoms with Crippen molar-refractivity contribution in [2.75, 3.05) is 0 Å². The minimum Gasteiger partial charge on any atom is -0.473 e. The number of rotatable bonds is 0. The fraction of sp³-hybridized carbons (Fsp3) is 0. The van der Waals surface area contributed by atoms with Crippen molar-refractivity contribution in [2.45, 2.75) is 0 Å². The third-order valence-electron chi connectivity index (χ3n) is 0.732. The average Bonchev–Trinajstić information content (AvgIpc) is 2.40. The van der Waals surface area contributed by atoms with Crippen LogP contribution in [-0.4, -0.2) is 140 Å². The van der Waals surface area contributed by atoms with E-state index in [1.54, 1.807) is 0 Å². The summed E-state index contributed by atoms with van der Waals surface area (Å²) in [5.41, 5.74) is 0. The average molecular weight is 399 g/mol. The molecule has 0 atom stereocenters. The molecule has 0 aliphatic rings. The Kier molecular flexibility index (Phi) is 26.3. The molecule has 0 unspecified atom stereocenters. The van der Waals surface area contributed by atoms with Gasteiger partial charge >= 0.3 is 47.8 Å². The Morgan fingerprint density at radius 1 is 0.280 bits per heavy atom. The van der Waals surface area contributed by atoms with Gasteiger partial charge in [0.05, 0.1) is 0 Å². The van der Waals surface area contributed by atoms with Crippen molar-refractivity contribution in [2.24, 2.45) is 0 Å². The minimum absolute atomic E-state index is 0. The van der Waals surface area contributed by atoms with Crippen LogP contribution in [0.5, 0.6) is 0 Å². The van der Waals surface area contributed by atoms with Crippen LogP contribution in [0.2, 0.25) is 0 Å². The van der Waals surface area contributed by atoms with E-state index < -0.39 is 47.8 Å². The summed E-state index contributed by atoms with van der Waals surface area (Å²) < 4.78 is 0. The van der Waals surface area contributed by atoms with Crippen molar-refractivity contribution in [1.82, 2.24) is 0 Å². The van der Waals surface area contributed by atoms with Crippen LogP contribution < -0.4 is 0 Å². The number of carboxylic acid groups (broad SMARTS) is 8. The van der Waals surface area contributed by atoms with Gasteiger partial charge in [0.15, 0.2) is 0 Å². The molecular formula is C8H8KO16. The standard InChI is InChI=1S/4C2H2O4.K/c4*3-1(4)2(5)6;/h4*(H,3,4)(H,5,6);. The molecule has 0 aromatic rings. The molecule has 137 valence electrons. The smallest absolute Gasteiger partial charge is 0.414 e. The van der Waals surface area contributed by atoms with E-state index in [1.807, 2.05) is 0 Å². The summed E-state index contributed by atoms with van der Waals surface area (Å²) in [6, 6.07) is 0. The van der Waals surface area contributed by atoms with Crippen LogP contribution in [0.3, 0.4) is 0 Å². The largest absolute Gasteiger partial charge is 0.473 e. The summed E-state index contributed by atoms with van der Waals surface area (Å²) in [5, 5.41) is 59.1. The molecule has 25 heavy (non-hydrogen) atoms. The van der Waals surface area contributed by atoms with Gasteiger partial charge in [-0.25, -0.2) is 38.4 Å². The third kappa shape index (κ3) is 44.9. The second-order valence-corrected chi connectivity index (χ2v) is 2.44. The Hall–Kier alpha value is -2.60. The predicted octanol–water partition coefficient (Wildman–Crippen LogP) is -3.76. The van der Waals surface area contributed by atoms with Gasteiger partial charge in [-0.05, 0) is 0 Å². The Balaban J connectivity index is -0.0000000702. The van der Waals surface area contributed by atoms with Crippen molar-refractivity contribution in [3.63, 3.8) is 0 Å².